The Balaban J connectivity index is 0.000000327. The van der Waals surface area contributed by atoms with Crippen LogP contribution >= 0.6 is 11.3 Å². The molecule has 0 saturated heterocycles. The molecule has 4 aromatic rings. The third kappa shape index (κ3) is 6.46. The van der Waals surface area contributed by atoms with Crippen molar-refractivity contribution in [2.45, 2.75) is 13.8 Å². The van der Waals surface area contributed by atoms with Crippen LogP contribution in [0.2, 0.25) is 0 Å². The molecule has 5 heteroatoms. The van der Waals surface area contributed by atoms with Crippen LogP contribution in [0.4, 0.5) is 0 Å². The Hall–Kier alpha value is -2.59. The quantitative estimate of drug-likeness (QED) is 0.172. The molecular formula is C24H20IrNO2S-. The molecule has 0 aliphatic heterocycles. The predicted octanol–water partition coefficient (Wildman–Crippen LogP) is 6.47. The summed E-state index contributed by atoms with van der Waals surface area (Å²) in [5.41, 5.74) is 3.27. The van der Waals surface area contributed by atoms with Gasteiger partial charge >= 0.3 is 0 Å². The number of fused-ring (bicyclic) bond motifs is 1. The number of hydrogen-bond donors (Lipinski definition) is 1. The molecule has 0 aliphatic rings. The van der Waals surface area contributed by atoms with Crippen molar-refractivity contribution in [1.29, 1.82) is 0 Å². The Bertz CT molecular complexity index is 1060. The van der Waals surface area contributed by atoms with E-state index in [1.807, 2.05) is 36.5 Å². The van der Waals surface area contributed by atoms with Crippen molar-refractivity contribution in [2.75, 3.05) is 0 Å². The molecule has 149 valence electrons. The van der Waals surface area contributed by atoms with Gasteiger partial charge in [-0.15, -0.1) is 47.2 Å². The summed E-state index contributed by atoms with van der Waals surface area (Å²) >= 11 is 1.81. The Labute approximate surface area is 188 Å². The zero-order valence-electron chi connectivity index (χ0n) is 16.0. The number of pyridine rings is 1. The van der Waals surface area contributed by atoms with Gasteiger partial charge in [-0.25, -0.2) is 0 Å². The van der Waals surface area contributed by atoms with Gasteiger partial charge in [0.05, 0.1) is 5.76 Å². The SMILES string of the molecule is CC(=O)/C=C(/C)O.[Ir].[c-]1ccccc1-c1cc2sc(-c3ccccc3)cc2cn1. The number of hydrogen-bond acceptors (Lipinski definition) is 4. The third-order valence-corrected chi connectivity index (χ3v) is 5.00. The van der Waals surface area contributed by atoms with Crippen LogP contribution in [0.25, 0.3) is 31.8 Å². The Kier molecular flexibility index (Phi) is 8.47. The molecule has 4 rings (SSSR count). The van der Waals surface area contributed by atoms with Gasteiger partial charge in [0.15, 0.2) is 5.78 Å². The number of ketones is 1. The molecule has 0 spiro atoms. The number of carbonyl (C=O) groups excluding carboxylic acids is 1. The minimum atomic E-state index is -0.125. The topological polar surface area (TPSA) is 50.2 Å². The molecule has 1 radical (unpaired) electrons. The van der Waals surface area contributed by atoms with Crippen LogP contribution in [0, 0.1) is 6.07 Å². The molecule has 1 N–H and O–H groups in total. The van der Waals surface area contributed by atoms with Gasteiger partial charge in [0, 0.05) is 47.3 Å². The zero-order chi connectivity index (χ0) is 19.9. The van der Waals surface area contributed by atoms with Crippen molar-refractivity contribution in [3.8, 4) is 21.7 Å². The van der Waals surface area contributed by atoms with Crippen LogP contribution in [0.15, 0.2) is 84.8 Å². The van der Waals surface area contributed by atoms with Gasteiger partial charge < -0.3 is 10.1 Å². The maximum atomic E-state index is 10.0. The van der Waals surface area contributed by atoms with Crippen LogP contribution in [0.1, 0.15) is 13.8 Å². The molecule has 2 heterocycles. The van der Waals surface area contributed by atoms with Crippen molar-refractivity contribution in [3.05, 3.63) is 90.8 Å². The number of nitrogens with zero attached hydrogens (tertiary/aromatic N) is 1. The van der Waals surface area contributed by atoms with Crippen LogP contribution < -0.4 is 0 Å². The molecule has 0 aliphatic carbocycles. The van der Waals surface area contributed by atoms with E-state index in [1.165, 1.54) is 40.5 Å². The normalized spacial score (nSPS) is 10.6. The standard InChI is InChI=1S/C19H12NS.C5H8O2.Ir/c1-3-7-14(8-4-1)17-12-19-16(13-20-17)11-18(21-19)15-9-5-2-6-10-15;1-4(6)3-5(2)7;/h1-7,9-13H;3,6H,1-2H3;/q-1;;/b;4-3-;. The van der Waals surface area contributed by atoms with E-state index < -0.39 is 0 Å². The molecular weight excluding hydrogens is 559 g/mol. The predicted molar refractivity (Wildman–Crippen MR) is 116 cm³/mol. The van der Waals surface area contributed by atoms with Gasteiger partial charge in [-0.2, -0.15) is 0 Å². The summed E-state index contributed by atoms with van der Waals surface area (Å²) in [6, 6.07) is 26.0. The molecule has 0 fully saturated rings. The largest absolute Gasteiger partial charge is 0.512 e. The monoisotopic (exact) mass is 579 g/mol. The molecule has 2 aromatic carbocycles. The van der Waals surface area contributed by atoms with Gasteiger partial charge in [0.25, 0.3) is 0 Å². The molecule has 0 saturated carbocycles. The molecule has 0 bridgehead atoms. The van der Waals surface area contributed by atoms with E-state index in [2.05, 4.69) is 47.4 Å². The van der Waals surface area contributed by atoms with E-state index in [0.717, 1.165) is 11.3 Å². The molecule has 0 amide bonds. The van der Waals surface area contributed by atoms with Crippen molar-refractivity contribution < 1.29 is 30.0 Å². The Morgan fingerprint density at radius 3 is 2.38 bits per heavy atom. The van der Waals surface area contributed by atoms with Crippen molar-refractivity contribution in [1.82, 2.24) is 4.98 Å². The number of thiophene rings is 1. The third-order valence-electron chi connectivity index (χ3n) is 3.86. The first-order valence-corrected chi connectivity index (χ1v) is 9.64. The van der Waals surface area contributed by atoms with E-state index >= 15 is 0 Å². The fraction of sp³-hybridized carbons (Fsp3) is 0.0833. The summed E-state index contributed by atoms with van der Waals surface area (Å²) in [6.45, 7) is 2.85. The summed E-state index contributed by atoms with van der Waals surface area (Å²) in [4.78, 5) is 15.9. The Morgan fingerprint density at radius 1 is 1.07 bits per heavy atom. The number of aliphatic hydroxyl groups is 1. The first-order valence-electron chi connectivity index (χ1n) is 8.83. The average molecular weight is 579 g/mol. The summed E-state index contributed by atoms with van der Waals surface area (Å²) in [5.74, 6) is -0.0625. The number of benzene rings is 2. The fourth-order valence-electron chi connectivity index (χ4n) is 2.67. The number of aromatic nitrogens is 1. The van der Waals surface area contributed by atoms with Crippen LogP contribution in [0.3, 0.4) is 0 Å². The second kappa shape index (κ2) is 10.8. The summed E-state index contributed by atoms with van der Waals surface area (Å²) < 4.78 is 1.26. The summed E-state index contributed by atoms with van der Waals surface area (Å²) in [7, 11) is 0. The van der Waals surface area contributed by atoms with Gasteiger partial charge in [-0.05, 0) is 31.2 Å². The number of allylic oxidation sites excluding steroid dienone is 2. The van der Waals surface area contributed by atoms with E-state index in [-0.39, 0.29) is 31.6 Å². The minimum absolute atomic E-state index is 0. The van der Waals surface area contributed by atoms with Crippen LogP contribution in [-0.2, 0) is 24.9 Å². The zero-order valence-corrected chi connectivity index (χ0v) is 19.3. The van der Waals surface area contributed by atoms with Crippen LogP contribution in [0.5, 0.6) is 0 Å². The molecule has 3 nitrogen and oxygen atoms in total. The van der Waals surface area contributed by atoms with Crippen LogP contribution in [-0.4, -0.2) is 15.9 Å². The Morgan fingerprint density at radius 2 is 1.79 bits per heavy atom. The average Bonchev–Trinajstić information content (AvgIpc) is 3.12. The molecule has 0 unspecified atom stereocenters. The molecule has 0 atom stereocenters. The first-order chi connectivity index (χ1) is 13.5. The van der Waals surface area contributed by atoms with Crippen molar-refractivity contribution >= 4 is 27.2 Å². The number of rotatable bonds is 3. The maximum absolute atomic E-state index is 10.0. The maximum Gasteiger partial charge on any atom is 0.155 e. The number of carbonyl (C=O) groups is 1. The van der Waals surface area contributed by atoms with E-state index in [4.69, 9.17) is 5.11 Å². The smallest absolute Gasteiger partial charge is 0.155 e. The second-order valence-corrected chi connectivity index (χ2v) is 7.34. The van der Waals surface area contributed by atoms with Crippen molar-refractivity contribution in [3.63, 3.8) is 0 Å². The summed E-state index contributed by atoms with van der Waals surface area (Å²) in [6.07, 6.45) is 3.12. The van der Waals surface area contributed by atoms with E-state index in [9.17, 15) is 4.79 Å². The van der Waals surface area contributed by atoms with Gasteiger partial charge in [0.2, 0.25) is 0 Å². The molecule has 2 aromatic heterocycles. The first kappa shape index (κ1) is 22.7. The van der Waals surface area contributed by atoms with Gasteiger partial charge in [-0.1, -0.05) is 36.4 Å². The fourth-order valence-corrected chi connectivity index (χ4v) is 3.75. The molecule has 29 heavy (non-hydrogen) atoms. The second-order valence-electron chi connectivity index (χ2n) is 6.26. The van der Waals surface area contributed by atoms with Gasteiger partial charge in [-0.3, -0.25) is 4.79 Å². The minimum Gasteiger partial charge on any atom is -0.512 e. The van der Waals surface area contributed by atoms with Gasteiger partial charge in [0.1, 0.15) is 0 Å². The van der Waals surface area contributed by atoms with E-state index in [1.54, 1.807) is 11.3 Å². The summed E-state index contributed by atoms with van der Waals surface area (Å²) in [5, 5.41) is 9.56. The number of aliphatic hydroxyl groups excluding tert-OH is 1. The van der Waals surface area contributed by atoms with E-state index in [0.29, 0.717) is 0 Å². The van der Waals surface area contributed by atoms with Crippen molar-refractivity contribution in [2.24, 2.45) is 0 Å².